The van der Waals surface area contributed by atoms with E-state index in [0.717, 1.165) is 28.9 Å². The van der Waals surface area contributed by atoms with Crippen molar-refractivity contribution >= 4 is 69.9 Å². The molecule has 1 atom stereocenters. The average Bonchev–Trinajstić information content (AvgIpc) is 3.83. The first kappa shape index (κ1) is 40.3. The van der Waals surface area contributed by atoms with Crippen LogP contribution in [0.4, 0.5) is 36.4 Å². The molecular formula is C37H33ClF3N9O6S. The normalized spacial score (nSPS) is 13.4. The first-order valence-corrected chi connectivity index (χ1v) is 18.3. The highest BCUT2D eigenvalue weighted by Gasteiger charge is 2.45. The minimum Gasteiger partial charge on any atom is -0.467 e. The van der Waals surface area contributed by atoms with Crippen LogP contribution in [0, 0.1) is 6.92 Å². The van der Waals surface area contributed by atoms with Crippen molar-refractivity contribution in [2.45, 2.75) is 37.5 Å². The number of thiazole rings is 1. The number of aromatic nitrogens is 4. The standard InChI is InChI=1S/C37H33ClF3N9O6S/c1-20-18-57-31(43-20)22-4-3-5-26(16-22)44-30(53)29(52)42-17-27(32(54)55-2)46-28(51)21-6-12-25(13-7-21)45-33-47-34(49-35(48-33)56-19-37(39,40)41)50-36(14-15-36)23-8-10-24(38)11-9-23/h3-13,16,18,27H,14-15,17,19H2,1-2H3,(H,42,52)(H,44,53)(H,46,51)(H2,45,47,48,49,50)/t27-/m0/s1. The van der Waals surface area contributed by atoms with Crippen LogP contribution in [-0.2, 0) is 24.7 Å². The van der Waals surface area contributed by atoms with E-state index in [0.29, 0.717) is 29.2 Å². The van der Waals surface area contributed by atoms with Gasteiger partial charge in [0.25, 0.3) is 5.91 Å². The van der Waals surface area contributed by atoms with E-state index >= 15 is 0 Å². The molecule has 0 spiro atoms. The Morgan fingerprint density at radius 1 is 0.912 bits per heavy atom. The molecule has 20 heteroatoms. The fourth-order valence-corrected chi connectivity index (χ4v) is 6.28. The van der Waals surface area contributed by atoms with Crippen LogP contribution in [0.1, 0.15) is 34.5 Å². The summed E-state index contributed by atoms with van der Waals surface area (Å²) < 4.78 is 48.5. The SMILES string of the molecule is COC(=O)[C@H](CNC(=O)C(=O)Nc1cccc(-c2nc(C)cs2)c1)NC(=O)c1ccc(Nc2nc(NC3(c4ccc(Cl)cc4)CC3)nc(OCC(F)(F)F)n2)cc1. The quantitative estimate of drug-likeness (QED) is 0.0671. The highest BCUT2D eigenvalue weighted by Crippen LogP contribution is 2.48. The Morgan fingerprint density at radius 3 is 2.28 bits per heavy atom. The van der Waals surface area contributed by atoms with Crippen LogP contribution in [0.5, 0.6) is 6.01 Å². The minimum atomic E-state index is -4.65. The van der Waals surface area contributed by atoms with E-state index < -0.39 is 60.6 Å². The molecule has 6 rings (SSSR count). The van der Waals surface area contributed by atoms with Crippen molar-refractivity contribution in [1.82, 2.24) is 30.6 Å². The van der Waals surface area contributed by atoms with Gasteiger partial charge in [-0.1, -0.05) is 35.9 Å². The molecule has 3 aromatic carbocycles. The zero-order chi connectivity index (χ0) is 40.7. The number of anilines is 4. The van der Waals surface area contributed by atoms with E-state index in [9.17, 15) is 32.3 Å². The maximum absolute atomic E-state index is 13.1. The Balaban J connectivity index is 1.08. The Kier molecular flexibility index (Phi) is 12.2. The highest BCUT2D eigenvalue weighted by atomic mass is 35.5. The van der Waals surface area contributed by atoms with Gasteiger partial charge in [-0.2, -0.15) is 28.1 Å². The summed E-state index contributed by atoms with van der Waals surface area (Å²) in [4.78, 5) is 67.7. The molecule has 1 aliphatic rings. The van der Waals surface area contributed by atoms with Crippen molar-refractivity contribution in [3.63, 3.8) is 0 Å². The van der Waals surface area contributed by atoms with Gasteiger partial charge < -0.3 is 36.1 Å². The molecule has 2 aromatic heterocycles. The van der Waals surface area contributed by atoms with Crippen LogP contribution in [0.3, 0.4) is 0 Å². The van der Waals surface area contributed by atoms with Gasteiger partial charge in [-0.15, -0.1) is 11.3 Å². The van der Waals surface area contributed by atoms with Gasteiger partial charge >= 0.3 is 30.0 Å². The lowest BCUT2D eigenvalue weighted by molar-refractivity contribution is -0.154. The lowest BCUT2D eigenvalue weighted by atomic mass is 10.1. The number of halogens is 4. The second-order valence-electron chi connectivity index (χ2n) is 12.7. The van der Waals surface area contributed by atoms with Gasteiger partial charge in [0.1, 0.15) is 11.0 Å². The molecule has 296 valence electrons. The predicted octanol–water partition coefficient (Wildman–Crippen LogP) is 5.77. The molecule has 1 fully saturated rings. The lowest BCUT2D eigenvalue weighted by Gasteiger charge is -2.19. The molecule has 0 bridgehead atoms. The minimum absolute atomic E-state index is 0.0393. The number of nitrogens with zero attached hydrogens (tertiary/aromatic N) is 4. The number of methoxy groups -OCH3 is 1. The molecule has 2 heterocycles. The number of alkyl halides is 3. The van der Waals surface area contributed by atoms with Crippen molar-refractivity contribution in [3.8, 4) is 16.6 Å². The van der Waals surface area contributed by atoms with Gasteiger partial charge in [0.2, 0.25) is 11.9 Å². The van der Waals surface area contributed by atoms with Gasteiger partial charge in [-0.25, -0.2) is 9.78 Å². The zero-order valence-corrected chi connectivity index (χ0v) is 31.6. The van der Waals surface area contributed by atoms with Crippen molar-refractivity contribution in [3.05, 3.63) is 100 Å². The van der Waals surface area contributed by atoms with Crippen LogP contribution in [-0.4, -0.2) is 76.1 Å². The van der Waals surface area contributed by atoms with Gasteiger partial charge in [0.15, 0.2) is 6.61 Å². The first-order valence-electron chi connectivity index (χ1n) is 17.1. The summed E-state index contributed by atoms with van der Waals surface area (Å²) in [5.41, 5.74) is 2.68. The largest absolute Gasteiger partial charge is 0.467 e. The van der Waals surface area contributed by atoms with Gasteiger partial charge in [-0.05, 0) is 73.9 Å². The fourth-order valence-electron chi connectivity index (χ4n) is 5.36. The van der Waals surface area contributed by atoms with E-state index in [4.69, 9.17) is 21.1 Å². The number of ether oxygens (including phenoxy) is 2. The van der Waals surface area contributed by atoms with Crippen LogP contribution < -0.4 is 31.3 Å². The molecule has 5 aromatic rings. The maximum Gasteiger partial charge on any atom is 0.422 e. The highest BCUT2D eigenvalue weighted by molar-refractivity contribution is 7.13. The topological polar surface area (TPSA) is 198 Å². The number of carbonyl (C=O) groups is 4. The second-order valence-corrected chi connectivity index (χ2v) is 14.0. The molecule has 0 radical (unpaired) electrons. The summed E-state index contributed by atoms with van der Waals surface area (Å²) in [5.74, 6) is -3.87. The van der Waals surface area contributed by atoms with E-state index in [1.807, 2.05) is 30.5 Å². The molecule has 0 unspecified atom stereocenters. The van der Waals surface area contributed by atoms with Gasteiger partial charge in [0, 0.05) is 45.1 Å². The third kappa shape index (κ3) is 10.9. The number of hydrogen-bond donors (Lipinski definition) is 5. The summed E-state index contributed by atoms with van der Waals surface area (Å²) in [7, 11) is 1.09. The Hall–Kier alpha value is -6.34. The van der Waals surface area contributed by atoms with Crippen molar-refractivity contribution in [2.24, 2.45) is 0 Å². The Labute approximate surface area is 331 Å². The van der Waals surface area contributed by atoms with Crippen molar-refractivity contribution in [2.75, 3.05) is 36.2 Å². The third-order valence-corrected chi connectivity index (χ3v) is 9.59. The summed E-state index contributed by atoms with van der Waals surface area (Å²) in [6, 6.07) is 17.6. The summed E-state index contributed by atoms with van der Waals surface area (Å²) in [5, 5.41) is 16.5. The van der Waals surface area contributed by atoms with Crippen molar-refractivity contribution in [1.29, 1.82) is 0 Å². The molecule has 5 N–H and O–H groups in total. The van der Waals surface area contributed by atoms with E-state index in [2.05, 4.69) is 46.5 Å². The predicted molar refractivity (Wildman–Crippen MR) is 204 cm³/mol. The molecule has 1 saturated carbocycles. The molecule has 0 aliphatic heterocycles. The molecule has 15 nitrogen and oxygen atoms in total. The number of hydrogen-bond acceptors (Lipinski definition) is 13. The van der Waals surface area contributed by atoms with E-state index in [-0.39, 0.29) is 17.5 Å². The monoisotopic (exact) mass is 823 g/mol. The van der Waals surface area contributed by atoms with Crippen LogP contribution >= 0.6 is 22.9 Å². The number of rotatable bonds is 14. The Bertz CT molecular complexity index is 2270. The molecule has 3 amide bonds. The number of esters is 1. The maximum atomic E-state index is 13.1. The second kappa shape index (κ2) is 17.2. The summed E-state index contributed by atoms with van der Waals surface area (Å²) in [6.45, 7) is -0.247. The number of aryl methyl sites for hydroxylation is 1. The number of carbonyl (C=O) groups excluding carboxylic acids is 4. The number of amides is 3. The lowest BCUT2D eigenvalue weighted by Crippen LogP contribution is -2.50. The van der Waals surface area contributed by atoms with E-state index in [1.165, 1.54) is 35.6 Å². The third-order valence-electron chi connectivity index (χ3n) is 8.33. The summed E-state index contributed by atoms with van der Waals surface area (Å²) >= 11 is 7.47. The van der Waals surface area contributed by atoms with Crippen molar-refractivity contribution < 1.29 is 41.8 Å². The molecule has 1 aliphatic carbocycles. The number of nitrogens with one attached hydrogen (secondary N) is 5. The van der Waals surface area contributed by atoms with E-state index in [1.54, 1.807) is 30.3 Å². The molecule has 0 saturated heterocycles. The average molecular weight is 824 g/mol. The fraction of sp³-hybridized carbons (Fsp3) is 0.243. The number of benzene rings is 3. The molecule has 57 heavy (non-hydrogen) atoms. The zero-order valence-electron chi connectivity index (χ0n) is 30.1. The first-order chi connectivity index (χ1) is 27.2. The van der Waals surface area contributed by atoms with Crippen LogP contribution in [0.2, 0.25) is 5.02 Å². The molecular weight excluding hydrogens is 791 g/mol. The van der Waals surface area contributed by atoms with Crippen LogP contribution in [0.25, 0.3) is 10.6 Å². The smallest absolute Gasteiger partial charge is 0.422 e. The van der Waals surface area contributed by atoms with Crippen LogP contribution in [0.15, 0.2) is 78.2 Å². The van der Waals surface area contributed by atoms with Gasteiger partial charge in [0.05, 0.1) is 12.6 Å². The summed E-state index contributed by atoms with van der Waals surface area (Å²) in [6.07, 6.45) is -3.24. The Morgan fingerprint density at radius 2 is 1.63 bits per heavy atom. The van der Waals surface area contributed by atoms with Gasteiger partial charge in [-0.3, -0.25) is 14.4 Å².